The smallest absolute Gasteiger partial charge is 0.410 e. The van der Waals surface area contributed by atoms with Gasteiger partial charge in [0.2, 0.25) is 15.9 Å². The molecule has 1 N–H and O–H groups in total. The largest absolute Gasteiger partial charge is 0.444 e. The van der Waals surface area contributed by atoms with Crippen LogP contribution in [0.25, 0.3) is 0 Å². The van der Waals surface area contributed by atoms with Crippen molar-refractivity contribution in [1.29, 1.82) is 0 Å². The summed E-state index contributed by atoms with van der Waals surface area (Å²) in [7, 11) is -5.66. The second-order valence-corrected chi connectivity index (χ2v) is 19.1. The molecular formula is C32H52N4O7S2. The van der Waals surface area contributed by atoms with Crippen LogP contribution < -0.4 is 10.2 Å². The van der Waals surface area contributed by atoms with E-state index in [0.717, 1.165) is 28.8 Å². The number of hydrogen-bond acceptors (Lipinski definition) is 8. The number of likely N-dealkylation sites (N-methyl/N-ethyl adjacent to an activating group) is 1. The fraction of sp³-hybridized carbons (Fsp3) is 0.750. The second kappa shape index (κ2) is 12.7. The predicted octanol–water partition coefficient (Wildman–Crippen LogP) is 3.43. The van der Waals surface area contributed by atoms with Gasteiger partial charge in [0, 0.05) is 56.6 Å². The van der Waals surface area contributed by atoms with E-state index in [1.807, 2.05) is 12.1 Å². The van der Waals surface area contributed by atoms with Gasteiger partial charge in [0.05, 0.1) is 11.5 Å². The molecule has 3 fully saturated rings. The van der Waals surface area contributed by atoms with E-state index in [2.05, 4.69) is 43.1 Å². The number of anilines is 1. The Hall–Kier alpha value is -2.38. The Balaban J connectivity index is 1.53. The van der Waals surface area contributed by atoms with Gasteiger partial charge < -0.3 is 15.0 Å². The van der Waals surface area contributed by atoms with E-state index in [-0.39, 0.29) is 29.3 Å². The highest BCUT2D eigenvalue weighted by Crippen LogP contribution is 2.66. The third-order valence-electron chi connectivity index (χ3n) is 10.5. The number of ether oxygens (including phenoxy) is 1. The van der Waals surface area contributed by atoms with E-state index in [1.54, 1.807) is 25.1 Å². The Morgan fingerprint density at radius 2 is 1.71 bits per heavy atom. The number of fused-ring (bicyclic) bond motifs is 2. The number of sulfone groups is 1. The molecule has 3 unspecified atom stereocenters. The summed E-state index contributed by atoms with van der Waals surface area (Å²) in [5.74, 6) is -0.627. The molecule has 4 rings (SSSR count). The topological polar surface area (TPSA) is 133 Å². The van der Waals surface area contributed by atoms with Crippen molar-refractivity contribution in [2.75, 3.05) is 55.9 Å². The van der Waals surface area contributed by atoms with Gasteiger partial charge in [-0.3, -0.25) is 9.69 Å². The number of para-hydroxylation sites is 1. The van der Waals surface area contributed by atoms with E-state index in [4.69, 9.17) is 4.74 Å². The predicted molar refractivity (Wildman–Crippen MR) is 176 cm³/mol. The van der Waals surface area contributed by atoms with E-state index >= 15 is 0 Å². The fourth-order valence-corrected chi connectivity index (χ4v) is 10.6. The molecule has 0 radical (unpaired) electrons. The zero-order valence-corrected chi connectivity index (χ0v) is 29.8. The first kappa shape index (κ1) is 35.5. The van der Waals surface area contributed by atoms with Crippen molar-refractivity contribution in [2.24, 2.45) is 16.7 Å². The van der Waals surface area contributed by atoms with Crippen LogP contribution in [0.3, 0.4) is 0 Å². The molecule has 2 amide bonds. The minimum atomic E-state index is -3.67. The van der Waals surface area contributed by atoms with Crippen LogP contribution >= 0.6 is 0 Å². The molecule has 0 aromatic heterocycles. The number of benzene rings is 1. The number of amides is 2. The van der Waals surface area contributed by atoms with Gasteiger partial charge in [-0.2, -0.15) is 4.31 Å². The summed E-state index contributed by atoms with van der Waals surface area (Å²) in [5, 5.41) is 3.13. The standard InChI is InChI=1S/C32H52N4O7S2/c1-23-11-9-10-12-25(23)35-16-18-36(19-17-35)45(41,42)22-32-15-13-24(31(32,5)6)21-27(32)33-28(37)26(14-20-44(8,39)40)34(7)29(38)43-30(2,3)4/h9-12,24,26-27H,13-22H2,1-8H3,(H,33,37)/t24?,26-,27?,32?/m0/s1. The van der Waals surface area contributed by atoms with Crippen LogP contribution in [0.2, 0.25) is 0 Å². The molecule has 2 saturated carbocycles. The van der Waals surface area contributed by atoms with E-state index in [0.29, 0.717) is 39.0 Å². The van der Waals surface area contributed by atoms with E-state index in [1.165, 1.54) is 7.05 Å². The molecule has 45 heavy (non-hydrogen) atoms. The molecule has 2 aliphatic carbocycles. The lowest BCUT2D eigenvalue weighted by atomic mass is 9.69. The Bertz CT molecular complexity index is 1480. The number of sulfonamides is 1. The second-order valence-electron chi connectivity index (χ2n) is 14.9. The monoisotopic (exact) mass is 668 g/mol. The van der Waals surface area contributed by atoms with Crippen LogP contribution in [0.1, 0.15) is 65.9 Å². The first-order valence-corrected chi connectivity index (χ1v) is 19.6. The van der Waals surface area contributed by atoms with Crippen molar-refractivity contribution in [1.82, 2.24) is 14.5 Å². The van der Waals surface area contributed by atoms with Crippen molar-refractivity contribution in [3.63, 3.8) is 0 Å². The third kappa shape index (κ3) is 7.62. The summed E-state index contributed by atoms with van der Waals surface area (Å²) < 4.78 is 59.4. The van der Waals surface area contributed by atoms with Crippen LogP contribution in [0.5, 0.6) is 0 Å². The zero-order valence-electron chi connectivity index (χ0n) is 28.1. The Kier molecular flexibility index (Phi) is 9.99. The van der Waals surface area contributed by atoms with Gasteiger partial charge in [0.25, 0.3) is 0 Å². The van der Waals surface area contributed by atoms with Crippen LogP contribution in [0.15, 0.2) is 24.3 Å². The molecule has 1 aromatic carbocycles. The number of hydrogen-bond donors (Lipinski definition) is 1. The number of nitrogens with zero attached hydrogens (tertiary/aromatic N) is 3. The molecule has 0 spiro atoms. The van der Waals surface area contributed by atoms with Gasteiger partial charge >= 0.3 is 6.09 Å². The average Bonchev–Trinajstić information content (AvgIpc) is 3.26. The highest BCUT2D eigenvalue weighted by atomic mass is 32.2. The molecular weight excluding hydrogens is 617 g/mol. The quantitative estimate of drug-likeness (QED) is 0.401. The van der Waals surface area contributed by atoms with Crippen LogP contribution in [0.4, 0.5) is 10.5 Å². The minimum absolute atomic E-state index is 0.0747. The maximum atomic E-state index is 14.1. The number of carbonyl (C=O) groups excluding carboxylic acids is 2. The summed E-state index contributed by atoms with van der Waals surface area (Å²) in [5.41, 5.74) is 0.420. The normalized spacial score (nSPS) is 26.0. The Morgan fingerprint density at radius 1 is 1.09 bits per heavy atom. The van der Waals surface area contributed by atoms with Gasteiger partial charge in [0.15, 0.2) is 0 Å². The van der Waals surface area contributed by atoms with Crippen molar-refractivity contribution in [2.45, 2.75) is 84.9 Å². The average molecular weight is 669 g/mol. The van der Waals surface area contributed by atoms with Crippen molar-refractivity contribution in [3.8, 4) is 0 Å². The first-order chi connectivity index (χ1) is 20.7. The first-order valence-electron chi connectivity index (χ1n) is 15.9. The molecule has 3 aliphatic rings. The summed E-state index contributed by atoms with van der Waals surface area (Å²) in [6.45, 7) is 13.4. The minimum Gasteiger partial charge on any atom is -0.444 e. The van der Waals surface area contributed by atoms with Crippen LogP contribution in [-0.2, 0) is 29.4 Å². The summed E-state index contributed by atoms with van der Waals surface area (Å²) in [6.07, 6.45) is 2.43. The molecule has 1 aliphatic heterocycles. The van der Waals surface area contributed by atoms with Crippen LogP contribution in [-0.4, -0.2) is 107 Å². The number of nitrogens with one attached hydrogen (secondary N) is 1. The zero-order chi connectivity index (χ0) is 33.6. The summed E-state index contributed by atoms with van der Waals surface area (Å²) in [6, 6.07) is 6.58. The van der Waals surface area contributed by atoms with Gasteiger partial charge in [-0.05, 0) is 76.3 Å². The van der Waals surface area contributed by atoms with Crippen LogP contribution in [0, 0.1) is 23.7 Å². The van der Waals surface area contributed by atoms with Crippen molar-refractivity contribution >= 4 is 37.5 Å². The number of aryl methyl sites for hydroxylation is 1. The fourth-order valence-electron chi connectivity index (χ4n) is 7.72. The van der Waals surface area contributed by atoms with Crippen molar-refractivity contribution < 1.29 is 31.2 Å². The number of carbonyl (C=O) groups is 2. The molecule has 2 bridgehead atoms. The Morgan fingerprint density at radius 3 is 2.27 bits per heavy atom. The lowest BCUT2D eigenvalue weighted by molar-refractivity contribution is -0.127. The van der Waals surface area contributed by atoms with Crippen molar-refractivity contribution in [3.05, 3.63) is 29.8 Å². The summed E-state index contributed by atoms with van der Waals surface area (Å²) in [4.78, 5) is 30.2. The summed E-state index contributed by atoms with van der Waals surface area (Å²) >= 11 is 0. The molecule has 1 heterocycles. The van der Waals surface area contributed by atoms with Gasteiger partial charge in [-0.1, -0.05) is 32.0 Å². The van der Waals surface area contributed by atoms with E-state index < -0.39 is 55.0 Å². The van der Waals surface area contributed by atoms with E-state index in [9.17, 15) is 26.4 Å². The third-order valence-corrected chi connectivity index (χ3v) is 13.5. The Labute approximate surface area is 270 Å². The van der Waals surface area contributed by atoms with Gasteiger partial charge in [-0.15, -0.1) is 0 Å². The number of rotatable bonds is 10. The van der Waals surface area contributed by atoms with Gasteiger partial charge in [0.1, 0.15) is 21.5 Å². The molecule has 254 valence electrons. The molecule has 11 nitrogen and oxygen atoms in total. The maximum Gasteiger partial charge on any atom is 0.410 e. The lowest BCUT2D eigenvalue weighted by Gasteiger charge is -2.45. The maximum absolute atomic E-state index is 14.1. The SMILES string of the molecule is Cc1ccccc1N1CCN(S(=O)(=O)CC23CCC(CC2NC(=O)[C@H](CCS(C)(=O)=O)N(C)C(=O)OC(C)(C)C)C3(C)C)CC1. The highest BCUT2D eigenvalue weighted by molar-refractivity contribution is 7.90. The molecule has 1 aromatic rings. The molecule has 1 saturated heterocycles. The number of piperazine rings is 1. The molecule has 4 atom stereocenters. The lowest BCUT2D eigenvalue weighted by Crippen LogP contribution is -2.58. The highest BCUT2D eigenvalue weighted by Gasteiger charge is 2.66. The molecule has 13 heteroatoms. The van der Waals surface area contributed by atoms with Gasteiger partial charge in [-0.25, -0.2) is 21.6 Å².